The minimum atomic E-state index is -0.829. The maximum atomic E-state index is 11.2. The van der Waals surface area contributed by atoms with Crippen molar-refractivity contribution in [2.45, 2.75) is 46.3 Å². The molecule has 1 aliphatic rings. The summed E-state index contributed by atoms with van der Waals surface area (Å²) in [5, 5.41) is 12.0. The van der Waals surface area contributed by atoms with E-state index in [1.807, 2.05) is 6.07 Å². The molecule has 0 aliphatic carbocycles. The molecule has 5 heteroatoms. The standard InChI is InChI=1S/C17H23BrO2S2/c1-10-9-22(11(2)15(10)18)14(8-17(3,4)5)12-6-7-13(21-12)16(19)20/h6-7,9,14,22H,8H2,1-5H3,(H,19,20). The smallest absolute Gasteiger partial charge is 0.345 e. The van der Waals surface area contributed by atoms with E-state index < -0.39 is 16.9 Å². The molecule has 0 fully saturated rings. The lowest BCUT2D eigenvalue weighted by atomic mass is 9.90. The van der Waals surface area contributed by atoms with Crippen LogP contribution >= 0.6 is 38.2 Å². The molecular weight excluding hydrogens is 380 g/mol. The Kier molecular flexibility index (Phi) is 5.30. The Morgan fingerprint density at radius 1 is 1.36 bits per heavy atom. The summed E-state index contributed by atoms with van der Waals surface area (Å²) in [6, 6.07) is 3.75. The van der Waals surface area contributed by atoms with Crippen LogP contribution in [0.2, 0.25) is 0 Å². The molecular formula is C17H23BrO2S2. The molecule has 0 radical (unpaired) electrons. The van der Waals surface area contributed by atoms with Gasteiger partial charge in [0.05, 0.1) is 0 Å². The van der Waals surface area contributed by atoms with Gasteiger partial charge >= 0.3 is 5.97 Å². The largest absolute Gasteiger partial charge is 0.477 e. The van der Waals surface area contributed by atoms with Crippen LogP contribution in [-0.2, 0) is 0 Å². The Morgan fingerprint density at radius 2 is 2.00 bits per heavy atom. The fourth-order valence-corrected chi connectivity index (χ4v) is 7.78. The molecule has 0 saturated heterocycles. The van der Waals surface area contributed by atoms with Gasteiger partial charge in [0.25, 0.3) is 0 Å². The molecule has 1 aliphatic heterocycles. The van der Waals surface area contributed by atoms with Gasteiger partial charge < -0.3 is 5.11 Å². The van der Waals surface area contributed by atoms with E-state index in [2.05, 4.69) is 56.0 Å². The number of allylic oxidation sites excluding steroid dienone is 3. The summed E-state index contributed by atoms with van der Waals surface area (Å²) in [6.07, 6.45) is 1.06. The Balaban J connectivity index is 2.42. The fraction of sp³-hybridized carbons (Fsp3) is 0.471. The number of halogens is 1. The second-order valence-electron chi connectivity index (χ2n) is 6.91. The highest BCUT2D eigenvalue weighted by Crippen LogP contribution is 2.61. The summed E-state index contributed by atoms with van der Waals surface area (Å²) in [6.45, 7) is 11.1. The lowest BCUT2D eigenvalue weighted by Crippen LogP contribution is -2.11. The molecule has 1 N–H and O–H groups in total. The number of hydrogen-bond acceptors (Lipinski definition) is 2. The molecule has 0 aromatic carbocycles. The quantitative estimate of drug-likeness (QED) is 0.566. The number of hydrogen-bond donors (Lipinski definition) is 2. The van der Waals surface area contributed by atoms with Crippen molar-refractivity contribution < 1.29 is 9.90 Å². The van der Waals surface area contributed by atoms with Crippen LogP contribution in [0, 0.1) is 5.41 Å². The number of thiophene rings is 1. The van der Waals surface area contributed by atoms with Gasteiger partial charge in [0.2, 0.25) is 0 Å². The van der Waals surface area contributed by atoms with Crippen LogP contribution in [0.15, 0.2) is 32.5 Å². The number of carboxylic acid groups (broad SMARTS) is 1. The molecule has 0 amide bonds. The zero-order chi connectivity index (χ0) is 16.7. The van der Waals surface area contributed by atoms with Crippen LogP contribution in [0.25, 0.3) is 0 Å². The van der Waals surface area contributed by atoms with E-state index >= 15 is 0 Å². The summed E-state index contributed by atoms with van der Waals surface area (Å²) in [4.78, 5) is 14.2. The van der Waals surface area contributed by atoms with Crippen molar-refractivity contribution in [2.24, 2.45) is 5.41 Å². The van der Waals surface area contributed by atoms with Gasteiger partial charge in [-0.05, 0) is 69.6 Å². The summed E-state index contributed by atoms with van der Waals surface area (Å²) in [7, 11) is -0.407. The van der Waals surface area contributed by atoms with Gasteiger partial charge in [0, 0.05) is 14.6 Å². The van der Waals surface area contributed by atoms with Crippen molar-refractivity contribution in [3.63, 3.8) is 0 Å². The molecule has 1 aromatic rings. The topological polar surface area (TPSA) is 37.3 Å². The van der Waals surface area contributed by atoms with E-state index in [0.717, 1.165) is 6.42 Å². The molecule has 0 saturated carbocycles. The Hall–Kier alpha value is -0.520. The van der Waals surface area contributed by atoms with E-state index in [0.29, 0.717) is 10.1 Å². The molecule has 2 nitrogen and oxygen atoms in total. The zero-order valence-corrected chi connectivity index (χ0v) is 16.9. The third-order valence-electron chi connectivity index (χ3n) is 3.69. The highest BCUT2D eigenvalue weighted by Gasteiger charge is 2.30. The second-order valence-corrected chi connectivity index (χ2v) is 11.2. The Bertz CT molecular complexity index is 650. The molecule has 2 rings (SSSR count). The van der Waals surface area contributed by atoms with E-state index in [1.54, 1.807) is 6.07 Å². The predicted molar refractivity (Wildman–Crippen MR) is 102 cm³/mol. The SMILES string of the molecule is CC1=C[SH](C(CC(C)(C)C)c2ccc(C(=O)O)s2)C(C)=C1Br. The Labute approximate surface area is 147 Å². The molecule has 2 heterocycles. The highest BCUT2D eigenvalue weighted by molar-refractivity contribution is 9.12. The van der Waals surface area contributed by atoms with Crippen LogP contribution in [-0.4, -0.2) is 11.1 Å². The Morgan fingerprint density at radius 3 is 2.41 bits per heavy atom. The minimum absolute atomic E-state index is 0.206. The van der Waals surface area contributed by atoms with Gasteiger partial charge in [-0.2, -0.15) is 0 Å². The van der Waals surface area contributed by atoms with Gasteiger partial charge in [0.15, 0.2) is 0 Å². The first-order chi connectivity index (χ1) is 10.1. The van der Waals surface area contributed by atoms with Crippen molar-refractivity contribution >= 4 is 44.1 Å². The van der Waals surface area contributed by atoms with Gasteiger partial charge in [-0.3, -0.25) is 0 Å². The van der Waals surface area contributed by atoms with E-state index in [4.69, 9.17) is 0 Å². The van der Waals surface area contributed by atoms with E-state index in [1.165, 1.54) is 31.2 Å². The number of aromatic carboxylic acids is 1. The van der Waals surface area contributed by atoms with Gasteiger partial charge in [-0.15, -0.1) is 11.3 Å². The number of thiol groups is 1. The third-order valence-corrected chi connectivity index (χ3v) is 9.38. The maximum absolute atomic E-state index is 11.2. The summed E-state index contributed by atoms with van der Waals surface area (Å²) in [5.41, 5.74) is 1.51. The lowest BCUT2D eigenvalue weighted by molar-refractivity contribution is 0.0702. The van der Waals surface area contributed by atoms with Crippen LogP contribution in [0.3, 0.4) is 0 Å². The second kappa shape index (κ2) is 6.54. The van der Waals surface area contributed by atoms with Crippen LogP contribution in [0.5, 0.6) is 0 Å². The zero-order valence-electron chi connectivity index (χ0n) is 13.6. The molecule has 2 unspecified atom stereocenters. The van der Waals surface area contributed by atoms with Gasteiger partial charge in [-0.1, -0.05) is 20.8 Å². The van der Waals surface area contributed by atoms with E-state index in [9.17, 15) is 9.90 Å². The van der Waals surface area contributed by atoms with Gasteiger partial charge in [-0.25, -0.2) is 15.7 Å². The highest BCUT2D eigenvalue weighted by atomic mass is 79.9. The van der Waals surface area contributed by atoms with Crippen LogP contribution in [0.1, 0.15) is 60.8 Å². The molecule has 1 aromatic heterocycles. The van der Waals surface area contributed by atoms with Crippen molar-refractivity contribution in [3.05, 3.63) is 42.3 Å². The first-order valence-electron chi connectivity index (χ1n) is 7.26. The molecule has 0 spiro atoms. The first kappa shape index (κ1) is 17.8. The first-order valence-corrected chi connectivity index (χ1v) is 10.4. The maximum Gasteiger partial charge on any atom is 0.345 e. The average Bonchev–Trinajstić information content (AvgIpc) is 2.97. The number of carboxylic acids is 1. The molecule has 0 bridgehead atoms. The van der Waals surface area contributed by atoms with Crippen LogP contribution in [0.4, 0.5) is 0 Å². The number of rotatable bonds is 4. The van der Waals surface area contributed by atoms with Gasteiger partial charge in [0.1, 0.15) is 4.88 Å². The molecule has 2 atom stereocenters. The summed E-state index contributed by atoms with van der Waals surface area (Å²) < 4.78 is 1.23. The average molecular weight is 403 g/mol. The normalized spacial score (nSPS) is 21.9. The van der Waals surface area contributed by atoms with Crippen LogP contribution < -0.4 is 0 Å². The van der Waals surface area contributed by atoms with Crippen molar-refractivity contribution in [2.75, 3.05) is 0 Å². The van der Waals surface area contributed by atoms with Crippen molar-refractivity contribution in [1.82, 2.24) is 0 Å². The predicted octanol–water partition coefficient (Wildman–Crippen LogP) is 6.47. The minimum Gasteiger partial charge on any atom is -0.477 e. The molecule has 122 valence electrons. The molecule has 22 heavy (non-hydrogen) atoms. The van der Waals surface area contributed by atoms with E-state index in [-0.39, 0.29) is 5.41 Å². The summed E-state index contributed by atoms with van der Waals surface area (Å²) in [5.74, 6) is -0.829. The lowest BCUT2D eigenvalue weighted by Gasteiger charge is -2.32. The third kappa shape index (κ3) is 3.87. The monoisotopic (exact) mass is 402 g/mol. The number of carbonyl (C=O) groups is 1. The fourth-order valence-electron chi connectivity index (χ4n) is 2.65. The summed E-state index contributed by atoms with van der Waals surface area (Å²) >= 11 is 5.13. The van der Waals surface area contributed by atoms with Crippen molar-refractivity contribution in [1.29, 1.82) is 0 Å². The van der Waals surface area contributed by atoms with Crippen molar-refractivity contribution in [3.8, 4) is 0 Å².